The average Bonchev–Trinajstić information content (AvgIpc) is 3.31. The molecule has 0 radical (unpaired) electrons. The lowest BCUT2D eigenvalue weighted by Gasteiger charge is -2.19. The van der Waals surface area contributed by atoms with Gasteiger partial charge in [0, 0.05) is 25.8 Å². The molecule has 4 rings (SSSR count). The van der Waals surface area contributed by atoms with Gasteiger partial charge in [-0.15, -0.1) is 0 Å². The number of nitrogens with one attached hydrogen (secondary N) is 1. The first-order valence-corrected chi connectivity index (χ1v) is 9.95. The molecular formula is C20H26N4O3. The maximum absolute atomic E-state index is 12.5. The summed E-state index contributed by atoms with van der Waals surface area (Å²) in [6, 6.07) is 3.87. The molecule has 1 N–H and O–H groups in total. The van der Waals surface area contributed by atoms with Crippen molar-refractivity contribution in [2.45, 2.75) is 45.1 Å². The average molecular weight is 370 g/mol. The van der Waals surface area contributed by atoms with Crippen LogP contribution < -0.4 is 10.2 Å². The van der Waals surface area contributed by atoms with Crippen molar-refractivity contribution in [3.63, 3.8) is 0 Å². The normalized spacial score (nSPS) is 25.0. The minimum absolute atomic E-state index is 0.167. The Labute approximate surface area is 159 Å². The first kappa shape index (κ1) is 17.9. The highest BCUT2D eigenvalue weighted by atomic mass is 16.2. The number of nitrogens with zero attached hydrogens (tertiary/aromatic N) is 3. The number of likely N-dealkylation sites (tertiary alicyclic amines) is 1. The van der Waals surface area contributed by atoms with E-state index < -0.39 is 0 Å². The third-order valence-corrected chi connectivity index (χ3v) is 5.96. The second-order valence-electron chi connectivity index (χ2n) is 7.75. The minimum Gasteiger partial charge on any atom is -0.357 e. The van der Waals surface area contributed by atoms with E-state index in [0.717, 1.165) is 55.1 Å². The van der Waals surface area contributed by atoms with Gasteiger partial charge in [0.05, 0.1) is 11.8 Å². The fourth-order valence-corrected chi connectivity index (χ4v) is 4.48. The molecule has 1 aromatic heterocycles. The van der Waals surface area contributed by atoms with E-state index in [1.807, 2.05) is 12.1 Å². The molecule has 7 nitrogen and oxygen atoms in total. The van der Waals surface area contributed by atoms with Crippen molar-refractivity contribution >= 4 is 23.5 Å². The van der Waals surface area contributed by atoms with E-state index in [4.69, 9.17) is 0 Å². The first-order valence-electron chi connectivity index (χ1n) is 9.95. The smallest absolute Gasteiger partial charge is 0.240 e. The summed E-state index contributed by atoms with van der Waals surface area (Å²) in [5.41, 5.74) is 0.966. The number of pyridine rings is 1. The Bertz CT molecular complexity index is 720. The highest BCUT2D eigenvalue weighted by Gasteiger charge is 2.48. The molecule has 1 aliphatic carbocycles. The molecule has 144 valence electrons. The van der Waals surface area contributed by atoms with Crippen LogP contribution in [0.3, 0.4) is 0 Å². The molecule has 1 saturated carbocycles. The number of rotatable bonds is 5. The number of carbonyl (C=O) groups is 3. The van der Waals surface area contributed by atoms with Crippen LogP contribution in [0.4, 0.5) is 5.82 Å². The van der Waals surface area contributed by atoms with E-state index in [1.165, 1.54) is 12.8 Å². The van der Waals surface area contributed by atoms with Gasteiger partial charge in [-0.1, -0.05) is 12.8 Å². The molecule has 3 amide bonds. The lowest BCUT2D eigenvalue weighted by Crippen LogP contribution is -2.40. The third-order valence-electron chi connectivity index (χ3n) is 5.96. The number of fused-ring (bicyclic) bond motifs is 1. The lowest BCUT2D eigenvalue weighted by molar-refractivity contribution is -0.143. The molecule has 27 heavy (non-hydrogen) atoms. The molecule has 3 heterocycles. The summed E-state index contributed by atoms with van der Waals surface area (Å²) in [6.07, 6.45) is 7.63. The van der Waals surface area contributed by atoms with E-state index in [0.29, 0.717) is 6.54 Å². The second-order valence-corrected chi connectivity index (χ2v) is 7.75. The largest absolute Gasteiger partial charge is 0.357 e. The fourth-order valence-electron chi connectivity index (χ4n) is 4.48. The quantitative estimate of drug-likeness (QED) is 0.794. The van der Waals surface area contributed by atoms with E-state index in [9.17, 15) is 14.4 Å². The molecule has 0 bridgehead atoms. The number of carbonyl (C=O) groups excluding carboxylic acids is 3. The Kier molecular flexibility index (Phi) is 5.09. The Balaban J connectivity index is 1.33. The predicted molar refractivity (Wildman–Crippen MR) is 99.7 cm³/mol. The summed E-state index contributed by atoms with van der Waals surface area (Å²) in [6.45, 7) is 2.23. The van der Waals surface area contributed by atoms with Crippen LogP contribution >= 0.6 is 0 Å². The summed E-state index contributed by atoms with van der Waals surface area (Å²) < 4.78 is 0. The van der Waals surface area contributed by atoms with Gasteiger partial charge in [0.1, 0.15) is 12.4 Å². The maximum atomic E-state index is 12.5. The minimum atomic E-state index is -0.296. The van der Waals surface area contributed by atoms with Crippen LogP contribution in [0, 0.1) is 11.8 Å². The predicted octanol–water partition coefficient (Wildman–Crippen LogP) is 1.47. The van der Waals surface area contributed by atoms with Crippen molar-refractivity contribution in [1.82, 2.24) is 15.2 Å². The molecule has 2 saturated heterocycles. The van der Waals surface area contributed by atoms with Gasteiger partial charge < -0.3 is 10.2 Å². The monoisotopic (exact) mass is 370 g/mol. The second kappa shape index (κ2) is 7.66. The van der Waals surface area contributed by atoms with Crippen molar-refractivity contribution < 1.29 is 14.4 Å². The topological polar surface area (TPSA) is 82.6 Å². The molecule has 2 atom stereocenters. The van der Waals surface area contributed by atoms with Crippen molar-refractivity contribution in [2.24, 2.45) is 11.8 Å². The third kappa shape index (κ3) is 3.68. The highest BCUT2D eigenvalue weighted by Crippen LogP contribution is 2.37. The van der Waals surface area contributed by atoms with Crippen LogP contribution in [0.2, 0.25) is 0 Å². The molecule has 0 aromatic carbocycles. The van der Waals surface area contributed by atoms with Crippen LogP contribution in [0.5, 0.6) is 0 Å². The van der Waals surface area contributed by atoms with E-state index in [-0.39, 0.29) is 36.1 Å². The Hall–Kier alpha value is -2.44. The summed E-state index contributed by atoms with van der Waals surface area (Å²) in [5, 5.41) is 2.83. The number of anilines is 1. The van der Waals surface area contributed by atoms with Crippen molar-refractivity contribution in [3.8, 4) is 0 Å². The van der Waals surface area contributed by atoms with Crippen molar-refractivity contribution in [2.75, 3.05) is 24.5 Å². The molecule has 2 aliphatic heterocycles. The van der Waals surface area contributed by atoms with Gasteiger partial charge in [-0.2, -0.15) is 0 Å². The SMILES string of the molecule is O=C(CN1C(=O)C2CCCCC2C1=O)NCc1ccnc(N2CCCC2)c1. The summed E-state index contributed by atoms with van der Waals surface area (Å²) in [5.74, 6) is -0.104. The van der Waals surface area contributed by atoms with Gasteiger partial charge in [0.15, 0.2) is 0 Å². The van der Waals surface area contributed by atoms with Crippen molar-refractivity contribution in [1.29, 1.82) is 0 Å². The number of hydrogen-bond acceptors (Lipinski definition) is 5. The Morgan fingerprint density at radius 1 is 1.07 bits per heavy atom. The van der Waals surface area contributed by atoms with Crippen LogP contribution in [-0.4, -0.2) is 47.2 Å². The van der Waals surface area contributed by atoms with Crippen LogP contribution in [0.15, 0.2) is 18.3 Å². The molecular weight excluding hydrogens is 344 g/mol. The molecule has 7 heteroatoms. The standard InChI is InChI=1S/C20H26N4O3/c25-18(13-24-19(26)15-5-1-2-6-16(15)20(24)27)22-12-14-7-8-21-17(11-14)23-9-3-4-10-23/h7-8,11,15-16H,1-6,9-10,12-13H2,(H,22,25). The molecule has 2 unspecified atom stereocenters. The summed E-state index contributed by atoms with van der Waals surface area (Å²) in [4.78, 5) is 45.1. The molecule has 0 spiro atoms. The zero-order valence-corrected chi connectivity index (χ0v) is 15.5. The van der Waals surface area contributed by atoms with Crippen molar-refractivity contribution in [3.05, 3.63) is 23.9 Å². The van der Waals surface area contributed by atoms with Crippen LogP contribution in [0.1, 0.15) is 44.1 Å². The Morgan fingerprint density at radius 3 is 2.41 bits per heavy atom. The highest BCUT2D eigenvalue weighted by molar-refractivity contribution is 6.07. The zero-order valence-electron chi connectivity index (χ0n) is 15.5. The number of hydrogen-bond donors (Lipinski definition) is 1. The van der Waals surface area contributed by atoms with Gasteiger partial charge >= 0.3 is 0 Å². The fraction of sp³-hybridized carbons (Fsp3) is 0.600. The van der Waals surface area contributed by atoms with Crippen LogP contribution in [0.25, 0.3) is 0 Å². The van der Waals surface area contributed by atoms with Gasteiger partial charge in [-0.3, -0.25) is 19.3 Å². The Morgan fingerprint density at radius 2 is 1.74 bits per heavy atom. The number of amides is 3. The zero-order chi connectivity index (χ0) is 18.8. The van der Waals surface area contributed by atoms with Gasteiger partial charge in [-0.25, -0.2) is 4.98 Å². The number of aromatic nitrogens is 1. The summed E-state index contributed by atoms with van der Waals surface area (Å²) >= 11 is 0. The van der Waals surface area contributed by atoms with Crippen LogP contribution in [-0.2, 0) is 20.9 Å². The number of imide groups is 1. The van der Waals surface area contributed by atoms with E-state index in [2.05, 4.69) is 15.2 Å². The van der Waals surface area contributed by atoms with Gasteiger partial charge in [0.25, 0.3) is 0 Å². The molecule has 3 fully saturated rings. The summed E-state index contributed by atoms with van der Waals surface area (Å²) in [7, 11) is 0. The molecule has 3 aliphatic rings. The van der Waals surface area contributed by atoms with E-state index >= 15 is 0 Å². The van der Waals surface area contributed by atoms with Gasteiger partial charge in [-0.05, 0) is 43.4 Å². The van der Waals surface area contributed by atoms with E-state index in [1.54, 1.807) is 6.20 Å². The lowest BCUT2D eigenvalue weighted by atomic mass is 9.81. The first-order chi connectivity index (χ1) is 13.1. The maximum Gasteiger partial charge on any atom is 0.240 e. The molecule has 1 aromatic rings. The van der Waals surface area contributed by atoms with Gasteiger partial charge in [0.2, 0.25) is 17.7 Å².